The molecule has 3 nitrogen and oxygen atoms in total. The van der Waals surface area contributed by atoms with Crippen molar-refractivity contribution < 1.29 is 14.3 Å². The summed E-state index contributed by atoms with van der Waals surface area (Å²) < 4.78 is 8.08. The predicted molar refractivity (Wildman–Crippen MR) is 172 cm³/mol. The Hall–Kier alpha value is -2.55. The standard InChI is InChI=1S/C20H30.C3H6O3.C3H6.3C2H6.C2H4/c1-7-13-18(10-4)20(11-5)15-12-14-19(6,16-20)17(8-2)9-3;1-5-3(4)6-2;1-3-2;4*1-2/h7-10,13H,1-2,4,11-12,14-16H2,3,5-6H3;1-2H3;3H,1H2,2H3;3*1-2H3;1-2H2/b17-9+,18-13+;;;;;;. The summed E-state index contributed by atoms with van der Waals surface area (Å²) in [5, 5.41) is 0. The number of carbonyl (C=O) groups excluding carboxylic acids is 1. The van der Waals surface area contributed by atoms with Crippen LogP contribution in [0.15, 0.2) is 87.1 Å². The van der Waals surface area contributed by atoms with Crippen molar-refractivity contribution >= 4 is 6.16 Å². The molecule has 2 atom stereocenters. The quantitative estimate of drug-likeness (QED) is 0.198. The van der Waals surface area contributed by atoms with Gasteiger partial charge in [-0.15, -0.1) is 19.7 Å². The van der Waals surface area contributed by atoms with Crippen molar-refractivity contribution in [3.63, 3.8) is 0 Å². The van der Waals surface area contributed by atoms with Crippen LogP contribution in [0.3, 0.4) is 0 Å². The van der Waals surface area contributed by atoms with Crippen molar-refractivity contribution in [2.45, 2.75) is 101 Å². The lowest BCUT2D eigenvalue weighted by atomic mass is 9.56. The minimum atomic E-state index is -0.657. The molecule has 3 heteroatoms. The number of ether oxygens (including phenoxy) is 2. The van der Waals surface area contributed by atoms with E-state index in [4.69, 9.17) is 0 Å². The number of rotatable bonds is 6. The smallest absolute Gasteiger partial charge is 0.438 e. The van der Waals surface area contributed by atoms with E-state index >= 15 is 0 Å². The molecule has 37 heavy (non-hydrogen) atoms. The molecule has 0 aromatic rings. The summed E-state index contributed by atoms with van der Waals surface area (Å²) in [6, 6.07) is 0. The van der Waals surface area contributed by atoms with Crippen LogP contribution >= 0.6 is 0 Å². The molecule has 0 heterocycles. The molecule has 0 saturated heterocycles. The third kappa shape index (κ3) is 21.3. The van der Waals surface area contributed by atoms with Crippen molar-refractivity contribution in [2.24, 2.45) is 10.8 Å². The Bertz CT molecular complexity index is 607. The van der Waals surface area contributed by atoms with Crippen LogP contribution < -0.4 is 0 Å². The summed E-state index contributed by atoms with van der Waals surface area (Å²) in [7, 11) is 2.51. The molecule has 1 saturated carbocycles. The van der Waals surface area contributed by atoms with Crippen LogP contribution in [-0.2, 0) is 9.47 Å². The minimum Gasteiger partial charge on any atom is -0.438 e. The summed E-state index contributed by atoms with van der Waals surface area (Å²) in [5.74, 6) is 0. The maximum atomic E-state index is 9.74. The monoisotopic (exact) mass is 520 g/mol. The van der Waals surface area contributed by atoms with E-state index in [0.29, 0.717) is 0 Å². The Labute approximate surface area is 233 Å². The highest BCUT2D eigenvalue weighted by molar-refractivity contribution is 5.59. The van der Waals surface area contributed by atoms with E-state index in [0.717, 1.165) is 6.42 Å². The largest absolute Gasteiger partial charge is 0.507 e. The third-order valence-corrected chi connectivity index (χ3v) is 5.48. The third-order valence-electron chi connectivity index (χ3n) is 5.48. The summed E-state index contributed by atoms with van der Waals surface area (Å²) >= 11 is 0. The number of allylic oxidation sites excluding steroid dienone is 8. The SMILES string of the molecule is C=C.C=C/C=C(\C=C)C1(CC)CCCC(C)(/C(C=C)=C/C)C1.C=CC.CC.CC.CC.COC(=O)OC. The fourth-order valence-corrected chi connectivity index (χ4v) is 4.12. The Morgan fingerprint density at radius 2 is 1.24 bits per heavy atom. The van der Waals surface area contributed by atoms with E-state index in [2.05, 4.69) is 81.9 Å². The van der Waals surface area contributed by atoms with E-state index in [9.17, 15) is 4.79 Å². The summed E-state index contributed by atoms with van der Waals surface area (Å²) in [4.78, 5) is 9.74. The lowest BCUT2D eigenvalue weighted by molar-refractivity contribution is 0.0924. The lowest BCUT2D eigenvalue weighted by Gasteiger charge is -2.48. The molecule has 0 aliphatic heterocycles. The Morgan fingerprint density at radius 3 is 1.49 bits per heavy atom. The minimum absolute atomic E-state index is 0.230. The van der Waals surface area contributed by atoms with Crippen molar-refractivity contribution in [3.05, 3.63) is 87.1 Å². The number of hydrogen-bond donors (Lipinski definition) is 0. The molecular weight excluding hydrogens is 456 g/mol. The van der Waals surface area contributed by atoms with E-state index in [1.54, 1.807) is 6.08 Å². The molecule has 0 radical (unpaired) electrons. The molecule has 2 unspecified atom stereocenters. The van der Waals surface area contributed by atoms with Gasteiger partial charge in [0.1, 0.15) is 0 Å². The number of methoxy groups -OCH3 is 2. The van der Waals surface area contributed by atoms with Gasteiger partial charge in [0.15, 0.2) is 0 Å². The van der Waals surface area contributed by atoms with Crippen LogP contribution in [0.5, 0.6) is 0 Å². The van der Waals surface area contributed by atoms with Crippen LogP contribution in [0.1, 0.15) is 101 Å². The van der Waals surface area contributed by atoms with Gasteiger partial charge < -0.3 is 9.47 Å². The van der Waals surface area contributed by atoms with Gasteiger partial charge in [-0.2, -0.15) is 0 Å². The molecule has 0 aromatic carbocycles. The molecule has 0 N–H and O–H groups in total. The van der Waals surface area contributed by atoms with Crippen LogP contribution in [-0.4, -0.2) is 20.4 Å². The van der Waals surface area contributed by atoms with Gasteiger partial charge in [-0.1, -0.05) is 118 Å². The first-order valence-electron chi connectivity index (χ1n) is 13.7. The van der Waals surface area contributed by atoms with Gasteiger partial charge in [0.2, 0.25) is 0 Å². The molecule has 1 aliphatic rings. The molecule has 1 rings (SSSR count). The summed E-state index contributed by atoms with van der Waals surface area (Å²) in [5.41, 5.74) is 3.20. The second kappa shape index (κ2) is 35.6. The second-order valence-electron chi connectivity index (χ2n) is 7.30. The molecule has 1 aliphatic carbocycles. The molecule has 218 valence electrons. The second-order valence-corrected chi connectivity index (χ2v) is 7.30. The Kier molecular flexibility index (Phi) is 45.8. The van der Waals surface area contributed by atoms with Gasteiger partial charge in [-0.25, -0.2) is 4.79 Å². The first-order chi connectivity index (χ1) is 17.7. The topological polar surface area (TPSA) is 35.5 Å². The summed E-state index contributed by atoms with van der Waals surface area (Å²) in [6.45, 7) is 42.0. The first-order valence-corrected chi connectivity index (χ1v) is 13.7. The maximum Gasteiger partial charge on any atom is 0.507 e. The molecule has 0 amide bonds. The molecule has 0 spiro atoms. The lowest BCUT2D eigenvalue weighted by Crippen LogP contribution is -2.36. The zero-order valence-corrected chi connectivity index (χ0v) is 27.0. The molecule has 0 bridgehead atoms. The fraction of sp³-hybridized carbons (Fsp3) is 0.559. The van der Waals surface area contributed by atoms with Crippen molar-refractivity contribution in [1.29, 1.82) is 0 Å². The fourth-order valence-electron chi connectivity index (χ4n) is 4.12. The highest BCUT2D eigenvalue weighted by Gasteiger charge is 2.43. The van der Waals surface area contributed by atoms with Crippen molar-refractivity contribution in [2.75, 3.05) is 14.2 Å². The molecule has 0 aromatic heterocycles. The highest BCUT2D eigenvalue weighted by Crippen LogP contribution is 2.55. The molecule has 1 fully saturated rings. The average Bonchev–Trinajstić information content (AvgIpc) is 2.96. The highest BCUT2D eigenvalue weighted by atomic mass is 16.7. The average molecular weight is 521 g/mol. The van der Waals surface area contributed by atoms with Crippen LogP contribution in [0.25, 0.3) is 0 Å². The van der Waals surface area contributed by atoms with Gasteiger partial charge in [0, 0.05) is 0 Å². The zero-order chi connectivity index (χ0) is 30.9. The van der Waals surface area contributed by atoms with Gasteiger partial charge in [0.25, 0.3) is 0 Å². The van der Waals surface area contributed by atoms with Gasteiger partial charge >= 0.3 is 6.16 Å². The Balaban J connectivity index is -0.000000117. The van der Waals surface area contributed by atoms with Gasteiger partial charge in [-0.3, -0.25) is 0 Å². The first kappa shape index (κ1) is 47.6. The normalized spacial score (nSPS) is 19.2. The van der Waals surface area contributed by atoms with Crippen LogP contribution in [0, 0.1) is 10.8 Å². The van der Waals surface area contributed by atoms with E-state index in [1.165, 1.54) is 51.0 Å². The van der Waals surface area contributed by atoms with Gasteiger partial charge in [-0.05, 0) is 61.5 Å². The predicted octanol–water partition coefficient (Wildman–Crippen LogP) is 11.9. The molecular formula is C34H64O3. The Morgan fingerprint density at radius 1 is 0.838 bits per heavy atom. The zero-order valence-electron chi connectivity index (χ0n) is 27.0. The van der Waals surface area contributed by atoms with E-state index < -0.39 is 6.16 Å². The van der Waals surface area contributed by atoms with Crippen LogP contribution in [0.4, 0.5) is 4.79 Å². The number of hydrogen-bond acceptors (Lipinski definition) is 3. The van der Waals surface area contributed by atoms with Gasteiger partial charge in [0.05, 0.1) is 14.2 Å². The van der Waals surface area contributed by atoms with Crippen molar-refractivity contribution in [1.82, 2.24) is 0 Å². The van der Waals surface area contributed by atoms with E-state index in [1.807, 2.05) is 66.7 Å². The van der Waals surface area contributed by atoms with E-state index in [-0.39, 0.29) is 10.8 Å². The van der Waals surface area contributed by atoms with Crippen LogP contribution in [0.2, 0.25) is 0 Å². The number of carbonyl (C=O) groups is 1. The van der Waals surface area contributed by atoms with Crippen molar-refractivity contribution in [3.8, 4) is 0 Å². The summed E-state index contributed by atoms with van der Waals surface area (Å²) in [6.07, 6.45) is 17.5. The maximum absolute atomic E-state index is 9.74.